The number of morpholine rings is 1. The fraction of sp³-hybridized carbons (Fsp3) is 1.00. The van der Waals surface area contributed by atoms with Gasteiger partial charge in [-0.1, -0.05) is 65.2 Å². The molecule has 1 atom stereocenters. The van der Waals surface area contributed by atoms with Gasteiger partial charge in [0, 0.05) is 12.6 Å². The van der Waals surface area contributed by atoms with Crippen molar-refractivity contribution in [3.05, 3.63) is 0 Å². The molecule has 0 spiro atoms. The van der Waals surface area contributed by atoms with E-state index in [2.05, 4.69) is 18.7 Å². The smallest absolute Gasteiger partial charge is 0.0622 e. The summed E-state index contributed by atoms with van der Waals surface area (Å²) in [7, 11) is 0. The first kappa shape index (κ1) is 16.0. The molecule has 1 fully saturated rings. The SMILES string of the molecule is CCCCCCCCCCC1COCCN1CC. The number of ether oxygens (including phenoxy) is 1. The largest absolute Gasteiger partial charge is 0.378 e. The van der Waals surface area contributed by atoms with Crippen LogP contribution >= 0.6 is 0 Å². The third-order valence-electron chi connectivity index (χ3n) is 4.15. The van der Waals surface area contributed by atoms with E-state index in [1.54, 1.807) is 0 Å². The van der Waals surface area contributed by atoms with Gasteiger partial charge in [-0.25, -0.2) is 0 Å². The zero-order valence-electron chi connectivity index (χ0n) is 12.6. The lowest BCUT2D eigenvalue weighted by Crippen LogP contribution is -2.45. The Labute approximate surface area is 114 Å². The average molecular weight is 255 g/mol. The Morgan fingerprint density at radius 2 is 1.61 bits per heavy atom. The van der Waals surface area contributed by atoms with E-state index in [0.717, 1.165) is 19.8 Å². The summed E-state index contributed by atoms with van der Waals surface area (Å²) in [6, 6.07) is 0.698. The van der Waals surface area contributed by atoms with Crippen LogP contribution < -0.4 is 0 Å². The van der Waals surface area contributed by atoms with Crippen LogP contribution in [0.2, 0.25) is 0 Å². The Kier molecular flexibility index (Phi) is 9.59. The summed E-state index contributed by atoms with van der Waals surface area (Å²) in [5.74, 6) is 0. The molecule has 1 rings (SSSR count). The standard InChI is InChI=1S/C16H33NO/c1-3-5-6-7-8-9-10-11-12-16-15-18-14-13-17(16)4-2/h16H,3-15H2,1-2H3. The minimum Gasteiger partial charge on any atom is -0.378 e. The summed E-state index contributed by atoms with van der Waals surface area (Å²) in [6.07, 6.45) is 12.7. The number of nitrogens with zero attached hydrogens (tertiary/aromatic N) is 1. The highest BCUT2D eigenvalue weighted by Crippen LogP contribution is 2.15. The van der Waals surface area contributed by atoms with Crippen molar-refractivity contribution < 1.29 is 4.74 Å². The zero-order chi connectivity index (χ0) is 13.1. The number of hydrogen-bond donors (Lipinski definition) is 0. The minimum absolute atomic E-state index is 0.698. The van der Waals surface area contributed by atoms with E-state index in [9.17, 15) is 0 Å². The molecule has 1 heterocycles. The molecule has 1 aliphatic rings. The zero-order valence-corrected chi connectivity index (χ0v) is 12.6. The maximum atomic E-state index is 5.59. The quantitative estimate of drug-likeness (QED) is 0.541. The second-order valence-corrected chi connectivity index (χ2v) is 5.62. The van der Waals surface area contributed by atoms with Crippen LogP contribution in [0.15, 0.2) is 0 Å². The van der Waals surface area contributed by atoms with Gasteiger partial charge in [0.05, 0.1) is 13.2 Å². The van der Waals surface area contributed by atoms with Gasteiger partial charge in [0.2, 0.25) is 0 Å². The summed E-state index contributed by atoms with van der Waals surface area (Å²) < 4.78 is 5.59. The van der Waals surface area contributed by atoms with Crippen LogP contribution in [-0.4, -0.2) is 37.2 Å². The molecular weight excluding hydrogens is 222 g/mol. The van der Waals surface area contributed by atoms with Gasteiger partial charge < -0.3 is 4.74 Å². The van der Waals surface area contributed by atoms with E-state index in [4.69, 9.17) is 4.74 Å². The van der Waals surface area contributed by atoms with Crippen LogP contribution in [0.5, 0.6) is 0 Å². The van der Waals surface area contributed by atoms with E-state index in [1.807, 2.05) is 0 Å². The highest BCUT2D eigenvalue weighted by molar-refractivity contribution is 4.74. The lowest BCUT2D eigenvalue weighted by atomic mass is 10.0. The Hall–Kier alpha value is -0.0800. The normalized spacial score (nSPS) is 21.3. The molecule has 2 nitrogen and oxygen atoms in total. The van der Waals surface area contributed by atoms with E-state index in [-0.39, 0.29) is 0 Å². The van der Waals surface area contributed by atoms with Gasteiger partial charge in [-0.3, -0.25) is 4.90 Å². The van der Waals surface area contributed by atoms with Gasteiger partial charge in [-0.15, -0.1) is 0 Å². The lowest BCUT2D eigenvalue weighted by molar-refractivity contribution is -0.00848. The van der Waals surface area contributed by atoms with Crippen molar-refractivity contribution in [1.82, 2.24) is 4.90 Å². The van der Waals surface area contributed by atoms with Crippen molar-refractivity contribution in [3.63, 3.8) is 0 Å². The van der Waals surface area contributed by atoms with Gasteiger partial charge in [-0.05, 0) is 13.0 Å². The average Bonchev–Trinajstić information content (AvgIpc) is 2.42. The van der Waals surface area contributed by atoms with E-state index in [0.29, 0.717) is 6.04 Å². The van der Waals surface area contributed by atoms with Crippen LogP contribution in [0.25, 0.3) is 0 Å². The second-order valence-electron chi connectivity index (χ2n) is 5.62. The van der Waals surface area contributed by atoms with Crippen LogP contribution in [0.3, 0.4) is 0 Å². The molecule has 1 aliphatic heterocycles. The highest BCUT2D eigenvalue weighted by atomic mass is 16.5. The third-order valence-corrected chi connectivity index (χ3v) is 4.15. The summed E-state index contributed by atoms with van der Waals surface area (Å²) in [4.78, 5) is 2.59. The maximum absolute atomic E-state index is 5.59. The molecule has 18 heavy (non-hydrogen) atoms. The summed E-state index contributed by atoms with van der Waals surface area (Å²) in [6.45, 7) is 8.77. The first-order valence-electron chi connectivity index (χ1n) is 8.20. The van der Waals surface area contributed by atoms with Crippen molar-refractivity contribution in [1.29, 1.82) is 0 Å². The van der Waals surface area contributed by atoms with Crippen molar-refractivity contribution >= 4 is 0 Å². The Bertz CT molecular complexity index is 184. The van der Waals surface area contributed by atoms with Crippen LogP contribution in [0, 0.1) is 0 Å². The second kappa shape index (κ2) is 10.8. The number of hydrogen-bond acceptors (Lipinski definition) is 2. The fourth-order valence-electron chi connectivity index (χ4n) is 2.89. The fourth-order valence-corrected chi connectivity index (χ4v) is 2.89. The predicted octanol–water partition coefficient (Wildman–Crippen LogP) is 4.24. The molecule has 0 aromatic rings. The van der Waals surface area contributed by atoms with Crippen LogP contribution in [-0.2, 0) is 4.74 Å². The van der Waals surface area contributed by atoms with Gasteiger partial charge in [0.15, 0.2) is 0 Å². The first-order valence-corrected chi connectivity index (χ1v) is 8.20. The molecule has 108 valence electrons. The number of rotatable bonds is 10. The summed E-state index contributed by atoms with van der Waals surface area (Å²) >= 11 is 0. The first-order chi connectivity index (χ1) is 8.88. The topological polar surface area (TPSA) is 12.5 Å². The van der Waals surface area contributed by atoms with E-state index >= 15 is 0 Å². The van der Waals surface area contributed by atoms with Crippen molar-refractivity contribution in [2.24, 2.45) is 0 Å². The summed E-state index contributed by atoms with van der Waals surface area (Å²) in [5.41, 5.74) is 0. The molecule has 1 saturated heterocycles. The van der Waals surface area contributed by atoms with Crippen molar-refractivity contribution in [2.45, 2.75) is 77.7 Å². The predicted molar refractivity (Wildman–Crippen MR) is 79.1 cm³/mol. The Morgan fingerprint density at radius 3 is 2.28 bits per heavy atom. The van der Waals surface area contributed by atoms with Gasteiger partial charge >= 0.3 is 0 Å². The van der Waals surface area contributed by atoms with Gasteiger partial charge in [0.25, 0.3) is 0 Å². The van der Waals surface area contributed by atoms with Crippen LogP contribution in [0.4, 0.5) is 0 Å². The highest BCUT2D eigenvalue weighted by Gasteiger charge is 2.20. The molecule has 0 bridgehead atoms. The molecule has 0 amide bonds. The summed E-state index contributed by atoms with van der Waals surface area (Å²) in [5, 5.41) is 0. The minimum atomic E-state index is 0.698. The van der Waals surface area contributed by atoms with E-state index in [1.165, 1.54) is 64.3 Å². The number of likely N-dealkylation sites (N-methyl/N-ethyl adjacent to an activating group) is 1. The third kappa shape index (κ3) is 6.75. The Balaban J connectivity index is 1.93. The molecule has 0 N–H and O–H groups in total. The monoisotopic (exact) mass is 255 g/mol. The van der Waals surface area contributed by atoms with Crippen LogP contribution in [0.1, 0.15) is 71.6 Å². The molecular formula is C16H33NO. The molecule has 0 aromatic heterocycles. The molecule has 1 unspecified atom stereocenters. The van der Waals surface area contributed by atoms with Gasteiger partial charge in [-0.2, -0.15) is 0 Å². The van der Waals surface area contributed by atoms with E-state index < -0.39 is 0 Å². The molecule has 0 radical (unpaired) electrons. The van der Waals surface area contributed by atoms with Crippen molar-refractivity contribution in [2.75, 3.05) is 26.3 Å². The molecule has 0 aliphatic carbocycles. The molecule has 0 saturated carbocycles. The van der Waals surface area contributed by atoms with Gasteiger partial charge in [0.1, 0.15) is 0 Å². The maximum Gasteiger partial charge on any atom is 0.0622 e. The molecule has 2 heteroatoms. The molecule has 0 aromatic carbocycles. The van der Waals surface area contributed by atoms with Crippen molar-refractivity contribution in [3.8, 4) is 0 Å². The Morgan fingerprint density at radius 1 is 0.944 bits per heavy atom. The number of unbranched alkanes of at least 4 members (excludes halogenated alkanes) is 7. The lowest BCUT2D eigenvalue weighted by Gasteiger charge is -2.34.